The molecule has 0 saturated carbocycles. The molecule has 0 radical (unpaired) electrons. The van der Waals surface area contributed by atoms with Gasteiger partial charge in [-0.05, 0) is 42.0 Å². The third kappa shape index (κ3) is 4.40. The summed E-state index contributed by atoms with van der Waals surface area (Å²) in [6, 6.07) is 47.0. The number of fused-ring (bicyclic) bond motifs is 9. The highest BCUT2D eigenvalue weighted by atomic mass is 32.1. The molecule has 0 fully saturated rings. The summed E-state index contributed by atoms with van der Waals surface area (Å²) in [4.78, 5) is 5.52. The molecule has 8 aromatic rings. The summed E-state index contributed by atoms with van der Waals surface area (Å²) in [5, 5.41) is 8.83. The van der Waals surface area contributed by atoms with E-state index in [0.717, 1.165) is 56.3 Å². The van der Waals surface area contributed by atoms with Gasteiger partial charge in [-0.15, -0.1) is 11.3 Å². The number of aliphatic imine (C=N–C) groups is 1. The molecule has 0 aliphatic carbocycles. The average Bonchev–Trinajstić information content (AvgIpc) is 3.69. The van der Waals surface area contributed by atoms with Gasteiger partial charge in [-0.2, -0.15) is 0 Å². The van der Waals surface area contributed by atoms with Crippen LogP contribution in [-0.2, 0) is 0 Å². The normalized spacial score (nSPS) is 17.4. The van der Waals surface area contributed by atoms with Crippen molar-refractivity contribution in [2.24, 2.45) is 4.99 Å². The molecular formula is C44H29N3OS. The van der Waals surface area contributed by atoms with Crippen molar-refractivity contribution in [2.45, 2.75) is 6.29 Å². The molecule has 49 heavy (non-hydrogen) atoms. The van der Waals surface area contributed by atoms with Gasteiger partial charge in [0.15, 0.2) is 0 Å². The lowest BCUT2D eigenvalue weighted by atomic mass is 9.97. The van der Waals surface area contributed by atoms with E-state index in [-0.39, 0.29) is 6.29 Å². The summed E-state index contributed by atoms with van der Waals surface area (Å²) >= 11 is 1.85. The molecule has 2 aliphatic rings. The van der Waals surface area contributed by atoms with Crippen LogP contribution in [-0.4, -0.2) is 10.3 Å². The number of nitrogens with zero attached hydrogens (tertiary/aromatic N) is 2. The average molecular weight is 648 g/mol. The quantitative estimate of drug-likeness (QED) is 0.207. The van der Waals surface area contributed by atoms with Crippen molar-refractivity contribution in [3.63, 3.8) is 0 Å². The zero-order chi connectivity index (χ0) is 32.5. The van der Waals surface area contributed by atoms with E-state index < -0.39 is 0 Å². The number of ether oxygens (including phenoxy) is 1. The van der Waals surface area contributed by atoms with Gasteiger partial charge in [-0.3, -0.25) is 0 Å². The SMILES string of the molecule is C=C1/C=C\C=C(\c2ccc(C3=NC(n4c5ccccc5c5ccc6sc7ccccc7c6c54)Nc4ccccc43)cc2)Oc2ccccc21. The van der Waals surface area contributed by atoms with Gasteiger partial charge in [0, 0.05) is 58.9 Å². The Bertz CT molecular complexity index is 2740. The highest BCUT2D eigenvalue weighted by molar-refractivity contribution is 7.26. The molecule has 0 saturated heterocycles. The molecule has 2 aromatic heterocycles. The summed E-state index contributed by atoms with van der Waals surface area (Å²) in [7, 11) is 0. The molecule has 4 nitrogen and oxygen atoms in total. The maximum atomic E-state index is 6.45. The third-order valence-corrected chi connectivity index (χ3v) is 10.8. The standard InChI is InChI=1S/C44H29N3OS/c1-27-11-10-19-37(48-38-18-8-4-12-30(27)38)28-21-23-29(24-22-28)42-33-14-2-6-16-35(33)45-44(46-42)47-36-17-7-3-13-31(36)32-25-26-40-41(43(32)47)34-15-5-9-20-39(34)49-40/h2-26,44-45H,1H2/b11-10-,37-19-. The van der Waals surface area contributed by atoms with E-state index >= 15 is 0 Å². The predicted octanol–water partition coefficient (Wildman–Crippen LogP) is 11.6. The van der Waals surface area contributed by atoms with Gasteiger partial charge >= 0.3 is 0 Å². The minimum absolute atomic E-state index is 0.359. The third-order valence-electron chi connectivity index (χ3n) is 9.61. The number of hydrogen-bond donors (Lipinski definition) is 1. The van der Waals surface area contributed by atoms with Crippen LogP contribution in [0.1, 0.15) is 28.5 Å². The van der Waals surface area contributed by atoms with E-state index in [1.807, 2.05) is 53.8 Å². The van der Waals surface area contributed by atoms with Gasteiger partial charge in [-0.1, -0.05) is 122 Å². The fourth-order valence-electron chi connectivity index (χ4n) is 7.35. The van der Waals surface area contributed by atoms with Gasteiger partial charge in [0.05, 0.1) is 16.7 Å². The Hall–Kier alpha value is -6.17. The number of anilines is 1. The van der Waals surface area contributed by atoms with Gasteiger partial charge in [0.2, 0.25) is 6.29 Å². The van der Waals surface area contributed by atoms with Crippen LogP contribution in [0.25, 0.3) is 53.3 Å². The first-order valence-corrected chi connectivity index (χ1v) is 17.2. The van der Waals surface area contributed by atoms with Crippen LogP contribution < -0.4 is 10.1 Å². The van der Waals surface area contributed by atoms with Crippen molar-refractivity contribution in [1.29, 1.82) is 0 Å². The molecule has 5 heteroatoms. The molecule has 1 N–H and O–H groups in total. The Kier molecular flexibility index (Phi) is 6.23. The number of hydrogen-bond acceptors (Lipinski definition) is 4. The minimum Gasteiger partial charge on any atom is -0.456 e. The van der Waals surface area contributed by atoms with Crippen molar-refractivity contribution in [1.82, 2.24) is 4.57 Å². The van der Waals surface area contributed by atoms with Crippen LogP contribution in [0, 0.1) is 0 Å². The van der Waals surface area contributed by atoms with Crippen molar-refractivity contribution < 1.29 is 4.74 Å². The Labute approximate surface area is 287 Å². The summed E-state index contributed by atoms with van der Waals surface area (Å²) in [6.45, 7) is 4.20. The zero-order valence-electron chi connectivity index (χ0n) is 26.4. The smallest absolute Gasteiger partial charge is 0.201 e. The van der Waals surface area contributed by atoms with E-state index in [4.69, 9.17) is 9.73 Å². The molecule has 0 spiro atoms. The molecule has 4 heterocycles. The number of allylic oxidation sites excluding steroid dienone is 4. The van der Waals surface area contributed by atoms with E-state index in [9.17, 15) is 0 Å². The van der Waals surface area contributed by atoms with Gasteiger partial charge < -0.3 is 14.6 Å². The Balaban J connectivity index is 1.14. The molecule has 10 rings (SSSR count). The molecule has 1 atom stereocenters. The van der Waals surface area contributed by atoms with E-state index in [1.54, 1.807) is 0 Å². The largest absolute Gasteiger partial charge is 0.456 e. The van der Waals surface area contributed by atoms with Gasteiger partial charge in [0.25, 0.3) is 0 Å². The Morgan fingerprint density at radius 2 is 1.41 bits per heavy atom. The molecular weight excluding hydrogens is 619 g/mol. The number of nitrogens with one attached hydrogen (secondary N) is 1. The highest BCUT2D eigenvalue weighted by Crippen LogP contribution is 2.44. The van der Waals surface area contributed by atoms with Crippen molar-refractivity contribution in [3.05, 3.63) is 181 Å². The number of rotatable bonds is 3. The zero-order valence-corrected chi connectivity index (χ0v) is 27.2. The van der Waals surface area contributed by atoms with Crippen LogP contribution in [0.4, 0.5) is 5.69 Å². The first kappa shape index (κ1) is 27.9. The second kappa shape index (κ2) is 10.9. The fourth-order valence-corrected chi connectivity index (χ4v) is 8.45. The summed E-state index contributed by atoms with van der Waals surface area (Å²) in [5.74, 6) is 1.58. The summed E-state index contributed by atoms with van der Waals surface area (Å²) in [6.07, 6.45) is 5.67. The Morgan fingerprint density at radius 3 is 2.31 bits per heavy atom. The van der Waals surface area contributed by atoms with Gasteiger partial charge in [0.1, 0.15) is 11.5 Å². The van der Waals surface area contributed by atoms with Crippen LogP contribution in [0.5, 0.6) is 5.75 Å². The van der Waals surface area contributed by atoms with Crippen molar-refractivity contribution in [2.75, 3.05) is 5.32 Å². The molecule has 2 aliphatic heterocycles. The minimum atomic E-state index is -0.359. The van der Waals surface area contributed by atoms with Crippen LogP contribution >= 0.6 is 11.3 Å². The topological polar surface area (TPSA) is 38.5 Å². The maximum absolute atomic E-state index is 6.45. The van der Waals surface area contributed by atoms with E-state index in [2.05, 4.69) is 126 Å². The first-order valence-electron chi connectivity index (χ1n) is 16.4. The van der Waals surface area contributed by atoms with E-state index in [0.29, 0.717) is 0 Å². The lowest BCUT2D eigenvalue weighted by Crippen LogP contribution is -2.24. The molecule has 6 aromatic carbocycles. The van der Waals surface area contributed by atoms with E-state index in [1.165, 1.54) is 36.5 Å². The van der Waals surface area contributed by atoms with Crippen molar-refractivity contribution >= 4 is 76.0 Å². The monoisotopic (exact) mass is 647 g/mol. The predicted molar refractivity (Wildman–Crippen MR) is 207 cm³/mol. The highest BCUT2D eigenvalue weighted by Gasteiger charge is 2.27. The lowest BCUT2D eigenvalue weighted by Gasteiger charge is -2.28. The van der Waals surface area contributed by atoms with Crippen LogP contribution in [0.3, 0.4) is 0 Å². The Morgan fingerprint density at radius 1 is 0.673 bits per heavy atom. The second-order valence-corrected chi connectivity index (χ2v) is 13.5. The molecule has 0 amide bonds. The number of benzene rings is 6. The summed E-state index contributed by atoms with van der Waals surface area (Å²) < 4.78 is 11.4. The second-order valence-electron chi connectivity index (χ2n) is 12.5. The number of aromatic nitrogens is 1. The number of thiophene rings is 1. The van der Waals surface area contributed by atoms with Crippen molar-refractivity contribution in [3.8, 4) is 5.75 Å². The first-order chi connectivity index (χ1) is 24.2. The van der Waals surface area contributed by atoms with Crippen LogP contribution in [0.2, 0.25) is 0 Å². The summed E-state index contributed by atoms with van der Waals surface area (Å²) in [5.41, 5.74) is 9.40. The molecule has 232 valence electrons. The fraction of sp³-hybridized carbons (Fsp3) is 0.0227. The molecule has 1 unspecified atom stereocenters. The maximum Gasteiger partial charge on any atom is 0.201 e. The van der Waals surface area contributed by atoms with Gasteiger partial charge in [-0.25, -0.2) is 4.99 Å². The molecule has 0 bridgehead atoms. The number of para-hydroxylation sites is 3. The van der Waals surface area contributed by atoms with Crippen LogP contribution in [0.15, 0.2) is 163 Å². The lowest BCUT2D eigenvalue weighted by molar-refractivity contribution is 0.513.